The second kappa shape index (κ2) is 8.20. The zero-order chi connectivity index (χ0) is 13.5. The first-order chi connectivity index (χ1) is 9.25. The largest absolute Gasteiger partial charge is 0.378 e. The van der Waals surface area contributed by atoms with Crippen molar-refractivity contribution in [2.45, 2.75) is 44.2 Å². The first-order valence-electron chi connectivity index (χ1n) is 7.97. The number of nitrogens with zero attached hydrogens (tertiary/aromatic N) is 2. The highest BCUT2D eigenvalue weighted by molar-refractivity contribution is 4.78. The highest BCUT2D eigenvalue weighted by atomic mass is 16.5. The molecule has 2 saturated heterocycles. The molecule has 1 N–H and O–H groups in total. The number of ether oxygens (including phenoxy) is 1. The Morgan fingerprint density at radius 1 is 1.26 bits per heavy atom. The Morgan fingerprint density at radius 3 is 2.74 bits per heavy atom. The molecule has 0 aromatic rings. The Bertz CT molecular complexity index is 244. The Labute approximate surface area is 118 Å². The standard InChI is InChI=1S/C15H31N3O/c1-17(13-14-5-3-11-18(14)2)10-4-12-19-15-6-8-16-9-7-15/h14-16H,3-13H2,1-2H3. The van der Waals surface area contributed by atoms with Crippen LogP contribution < -0.4 is 5.32 Å². The lowest BCUT2D eigenvalue weighted by Crippen LogP contribution is -2.37. The lowest BCUT2D eigenvalue weighted by molar-refractivity contribution is 0.0280. The lowest BCUT2D eigenvalue weighted by atomic mass is 10.1. The van der Waals surface area contributed by atoms with Crippen LogP contribution in [0.5, 0.6) is 0 Å². The Kier molecular flexibility index (Phi) is 6.57. The normalized spacial score (nSPS) is 26.4. The van der Waals surface area contributed by atoms with E-state index >= 15 is 0 Å². The third-order valence-corrected chi connectivity index (χ3v) is 4.52. The van der Waals surface area contributed by atoms with Crippen molar-refractivity contribution in [2.75, 3.05) is 53.4 Å². The average molecular weight is 269 g/mol. The van der Waals surface area contributed by atoms with Crippen molar-refractivity contribution in [1.82, 2.24) is 15.1 Å². The van der Waals surface area contributed by atoms with Gasteiger partial charge in [0.1, 0.15) is 0 Å². The fourth-order valence-corrected chi connectivity index (χ4v) is 3.21. The second-order valence-corrected chi connectivity index (χ2v) is 6.21. The molecule has 0 amide bonds. The van der Waals surface area contributed by atoms with Crippen molar-refractivity contribution in [3.05, 3.63) is 0 Å². The van der Waals surface area contributed by atoms with Crippen LogP contribution in [-0.4, -0.2) is 75.4 Å². The van der Waals surface area contributed by atoms with Crippen LogP contribution >= 0.6 is 0 Å². The van der Waals surface area contributed by atoms with E-state index in [1.807, 2.05) is 0 Å². The summed E-state index contributed by atoms with van der Waals surface area (Å²) in [6.07, 6.45) is 6.77. The minimum Gasteiger partial charge on any atom is -0.378 e. The predicted molar refractivity (Wildman–Crippen MR) is 79.6 cm³/mol. The van der Waals surface area contributed by atoms with E-state index in [1.165, 1.54) is 38.8 Å². The van der Waals surface area contributed by atoms with Gasteiger partial charge in [0.2, 0.25) is 0 Å². The molecule has 4 heteroatoms. The third kappa shape index (κ3) is 5.38. The molecule has 0 saturated carbocycles. The van der Waals surface area contributed by atoms with Crippen molar-refractivity contribution in [2.24, 2.45) is 0 Å². The molecule has 0 spiro atoms. The van der Waals surface area contributed by atoms with E-state index in [-0.39, 0.29) is 0 Å². The van der Waals surface area contributed by atoms with E-state index in [2.05, 4.69) is 29.2 Å². The van der Waals surface area contributed by atoms with E-state index < -0.39 is 0 Å². The molecule has 2 heterocycles. The van der Waals surface area contributed by atoms with E-state index in [0.29, 0.717) is 6.10 Å². The molecule has 2 rings (SSSR count). The lowest BCUT2D eigenvalue weighted by Gasteiger charge is -2.26. The molecule has 0 radical (unpaired) electrons. The zero-order valence-corrected chi connectivity index (χ0v) is 12.7. The van der Waals surface area contributed by atoms with E-state index in [0.717, 1.165) is 38.7 Å². The predicted octanol–water partition coefficient (Wildman–Crippen LogP) is 1.17. The van der Waals surface area contributed by atoms with E-state index in [1.54, 1.807) is 0 Å². The van der Waals surface area contributed by atoms with Gasteiger partial charge in [0.25, 0.3) is 0 Å². The van der Waals surface area contributed by atoms with Crippen molar-refractivity contribution < 1.29 is 4.74 Å². The molecular weight excluding hydrogens is 238 g/mol. The molecule has 0 bridgehead atoms. The maximum Gasteiger partial charge on any atom is 0.0599 e. The van der Waals surface area contributed by atoms with Crippen LogP contribution in [0.15, 0.2) is 0 Å². The molecule has 1 unspecified atom stereocenters. The summed E-state index contributed by atoms with van der Waals surface area (Å²) in [5.41, 5.74) is 0. The molecule has 4 nitrogen and oxygen atoms in total. The van der Waals surface area contributed by atoms with Crippen molar-refractivity contribution in [3.8, 4) is 0 Å². The van der Waals surface area contributed by atoms with Gasteiger partial charge in [-0.3, -0.25) is 0 Å². The van der Waals surface area contributed by atoms with Crippen molar-refractivity contribution in [3.63, 3.8) is 0 Å². The van der Waals surface area contributed by atoms with Crippen LogP contribution in [0.2, 0.25) is 0 Å². The fraction of sp³-hybridized carbons (Fsp3) is 1.00. The van der Waals surface area contributed by atoms with Gasteiger partial charge in [0.05, 0.1) is 6.10 Å². The number of likely N-dealkylation sites (tertiary alicyclic amines) is 1. The molecule has 2 aliphatic heterocycles. The van der Waals surface area contributed by atoms with Gasteiger partial charge in [0.15, 0.2) is 0 Å². The summed E-state index contributed by atoms with van der Waals surface area (Å²) < 4.78 is 5.95. The minimum absolute atomic E-state index is 0.507. The monoisotopic (exact) mass is 269 g/mol. The Balaban J connectivity index is 1.50. The van der Waals surface area contributed by atoms with Crippen molar-refractivity contribution in [1.29, 1.82) is 0 Å². The van der Waals surface area contributed by atoms with Gasteiger partial charge in [0, 0.05) is 25.7 Å². The molecule has 0 aromatic heterocycles. The molecule has 1 atom stereocenters. The molecule has 19 heavy (non-hydrogen) atoms. The third-order valence-electron chi connectivity index (χ3n) is 4.52. The Hall–Kier alpha value is -0.160. The Morgan fingerprint density at radius 2 is 2.05 bits per heavy atom. The first-order valence-corrected chi connectivity index (χ1v) is 7.97. The van der Waals surface area contributed by atoms with Gasteiger partial charge in [-0.05, 0) is 65.8 Å². The molecular formula is C15H31N3O. The van der Waals surface area contributed by atoms with E-state index in [9.17, 15) is 0 Å². The summed E-state index contributed by atoms with van der Waals surface area (Å²) in [6.45, 7) is 6.82. The summed E-state index contributed by atoms with van der Waals surface area (Å²) in [4.78, 5) is 4.97. The number of hydrogen-bond donors (Lipinski definition) is 1. The number of rotatable bonds is 7. The van der Waals surface area contributed by atoms with Crippen LogP contribution in [0.4, 0.5) is 0 Å². The SMILES string of the molecule is CN(CCCOC1CCNCC1)CC1CCCN1C. The number of nitrogens with one attached hydrogen (secondary N) is 1. The van der Waals surface area contributed by atoms with Gasteiger partial charge >= 0.3 is 0 Å². The van der Waals surface area contributed by atoms with Gasteiger partial charge in [-0.25, -0.2) is 0 Å². The molecule has 2 fully saturated rings. The minimum atomic E-state index is 0.507. The summed E-state index contributed by atoms with van der Waals surface area (Å²) >= 11 is 0. The van der Waals surface area contributed by atoms with Gasteiger partial charge in [-0.15, -0.1) is 0 Å². The maximum absolute atomic E-state index is 5.95. The van der Waals surface area contributed by atoms with Crippen LogP contribution in [0, 0.1) is 0 Å². The zero-order valence-electron chi connectivity index (χ0n) is 12.7. The summed E-state index contributed by atoms with van der Waals surface area (Å²) in [5, 5.41) is 3.37. The average Bonchev–Trinajstić information content (AvgIpc) is 2.82. The van der Waals surface area contributed by atoms with Crippen LogP contribution in [0.25, 0.3) is 0 Å². The topological polar surface area (TPSA) is 27.7 Å². The van der Waals surface area contributed by atoms with Crippen LogP contribution in [0.1, 0.15) is 32.1 Å². The highest BCUT2D eigenvalue weighted by Crippen LogP contribution is 2.15. The smallest absolute Gasteiger partial charge is 0.0599 e. The maximum atomic E-state index is 5.95. The summed E-state index contributed by atoms with van der Waals surface area (Å²) in [5.74, 6) is 0. The van der Waals surface area contributed by atoms with Gasteiger partial charge < -0.3 is 19.9 Å². The number of piperidine rings is 1. The molecule has 0 aliphatic carbocycles. The van der Waals surface area contributed by atoms with Gasteiger partial charge in [-0.2, -0.15) is 0 Å². The van der Waals surface area contributed by atoms with Crippen molar-refractivity contribution >= 4 is 0 Å². The molecule has 112 valence electrons. The summed E-state index contributed by atoms with van der Waals surface area (Å²) in [6, 6.07) is 0.773. The second-order valence-electron chi connectivity index (χ2n) is 6.21. The quantitative estimate of drug-likeness (QED) is 0.702. The van der Waals surface area contributed by atoms with Crippen LogP contribution in [-0.2, 0) is 4.74 Å². The van der Waals surface area contributed by atoms with Gasteiger partial charge in [-0.1, -0.05) is 0 Å². The highest BCUT2D eigenvalue weighted by Gasteiger charge is 2.21. The number of likely N-dealkylation sites (N-methyl/N-ethyl adjacent to an activating group) is 2. The fourth-order valence-electron chi connectivity index (χ4n) is 3.21. The molecule has 0 aromatic carbocycles. The van der Waals surface area contributed by atoms with Crippen LogP contribution in [0.3, 0.4) is 0 Å². The number of hydrogen-bond acceptors (Lipinski definition) is 4. The molecule has 2 aliphatic rings. The summed E-state index contributed by atoms with van der Waals surface area (Å²) in [7, 11) is 4.50. The first kappa shape index (κ1) is 15.2. The van der Waals surface area contributed by atoms with E-state index in [4.69, 9.17) is 4.74 Å².